The maximum absolute atomic E-state index is 11.7. The van der Waals surface area contributed by atoms with Crippen LogP contribution in [0.25, 0.3) is 0 Å². The maximum atomic E-state index is 11.7. The third-order valence-corrected chi connectivity index (χ3v) is 3.02. The van der Waals surface area contributed by atoms with Gasteiger partial charge in [-0.05, 0) is 6.07 Å². The molecule has 0 spiro atoms. The predicted octanol–water partition coefficient (Wildman–Crippen LogP) is -2.32. The molecule has 0 aromatic carbocycles. The molecular weight excluding hydrogens is 242 g/mol. The van der Waals surface area contributed by atoms with Crippen LogP contribution in [0.5, 0.6) is 0 Å². The average Bonchev–Trinajstić information content (AvgIpc) is 2.65. The summed E-state index contributed by atoms with van der Waals surface area (Å²) in [7, 11) is 0. The van der Waals surface area contributed by atoms with Gasteiger partial charge in [0.1, 0.15) is 18.1 Å². The number of aromatic nitrogens is 2. The molecule has 1 unspecified atom stereocenters. The molecule has 1 aliphatic rings. The van der Waals surface area contributed by atoms with Gasteiger partial charge in [-0.25, -0.2) is 4.79 Å². The summed E-state index contributed by atoms with van der Waals surface area (Å²) in [6, 6.07) is 1.41. The number of nitrogens with two attached hydrogens (primary N) is 1. The number of nitrogen functional groups attached to an aromatic ring is 1. The van der Waals surface area contributed by atoms with E-state index in [2.05, 4.69) is 4.98 Å². The minimum atomic E-state index is -1.05. The SMILES string of the molecule is Nc1ccn(C2O[C@H](CO)[C@@H](O)[C@@H]2CO)c(=O)n1. The Labute approximate surface area is 102 Å². The molecule has 100 valence electrons. The molecule has 0 aliphatic carbocycles. The van der Waals surface area contributed by atoms with E-state index in [9.17, 15) is 15.0 Å². The lowest BCUT2D eigenvalue weighted by molar-refractivity contribution is -0.0495. The number of nitrogens with zero attached hydrogens (tertiary/aromatic N) is 2. The average molecular weight is 257 g/mol. The first kappa shape index (κ1) is 13.0. The molecule has 4 atom stereocenters. The van der Waals surface area contributed by atoms with Crippen LogP contribution in [0, 0.1) is 5.92 Å². The van der Waals surface area contributed by atoms with Crippen molar-refractivity contribution in [3.05, 3.63) is 22.7 Å². The quantitative estimate of drug-likeness (QED) is 0.478. The monoisotopic (exact) mass is 257 g/mol. The van der Waals surface area contributed by atoms with Gasteiger partial charge in [0.2, 0.25) is 0 Å². The lowest BCUT2D eigenvalue weighted by Gasteiger charge is -2.19. The van der Waals surface area contributed by atoms with Gasteiger partial charge < -0.3 is 25.8 Å². The molecule has 8 heteroatoms. The van der Waals surface area contributed by atoms with Crippen LogP contribution in [-0.4, -0.2) is 50.3 Å². The minimum absolute atomic E-state index is 0.0778. The van der Waals surface area contributed by atoms with Gasteiger partial charge in [0.25, 0.3) is 0 Å². The standard InChI is InChI=1S/C10H15N3O5/c11-7-1-2-13(10(17)12-7)9-5(3-14)8(16)6(4-15)18-9/h1-2,5-6,8-9,14-16H,3-4H2,(H2,11,12,17)/t5-,6+,8-,9?/m0/s1. The Morgan fingerprint density at radius 3 is 2.72 bits per heavy atom. The van der Waals surface area contributed by atoms with Gasteiger partial charge in [0.05, 0.1) is 25.2 Å². The molecule has 18 heavy (non-hydrogen) atoms. The number of anilines is 1. The Bertz CT molecular complexity index is 477. The zero-order valence-electron chi connectivity index (χ0n) is 9.51. The maximum Gasteiger partial charge on any atom is 0.351 e. The fraction of sp³-hybridized carbons (Fsp3) is 0.600. The van der Waals surface area contributed by atoms with E-state index in [1.165, 1.54) is 12.3 Å². The summed E-state index contributed by atoms with van der Waals surface area (Å²) in [6.45, 7) is -0.773. The highest BCUT2D eigenvalue weighted by Crippen LogP contribution is 2.33. The van der Waals surface area contributed by atoms with E-state index in [4.69, 9.17) is 15.6 Å². The fourth-order valence-corrected chi connectivity index (χ4v) is 2.05. The second-order valence-corrected chi connectivity index (χ2v) is 4.13. The largest absolute Gasteiger partial charge is 0.396 e. The van der Waals surface area contributed by atoms with Gasteiger partial charge in [0, 0.05) is 6.20 Å². The smallest absolute Gasteiger partial charge is 0.351 e. The molecule has 0 saturated carbocycles. The lowest BCUT2D eigenvalue weighted by Crippen LogP contribution is -2.34. The topological polar surface area (TPSA) is 131 Å². The number of aliphatic hydroxyl groups excluding tert-OH is 3. The number of aliphatic hydroxyl groups is 3. The summed E-state index contributed by atoms with van der Waals surface area (Å²) < 4.78 is 6.49. The molecule has 1 aromatic heterocycles. The van der Waals surface area contributed by atoms with E-state index in [0.717, 1.165) is 4.57 Å². The van der Waals surface area contributed by atoms with Crippen LogP contribution >= 0.6 is 0 Å². The van der Waals surface area contributed by atoms with Crippen molar-refractivity contribution in [1.29, 1.82) is 0 Å². The highest BCUT2D eigenvalue weighted by atomic mass is 16.5. The molecule has 8 nitrogen and oxygen atoms in total. The van der Waals surface area contributed by atoms with Gasteiger partial charge in [0.15, 0.2) is 0 Å². The summed E-state index contributed by atoms with van der Waals surface area (Å²) in [4.78, 5) is 15.2. The first-order chi connectivity index (χ1) is 8.58. The van der Waals surface area contributed by atoms with E-state index < -0.39 is 36.7 Å². The Hall–Kier alpha value is -1.48. The highest BCUT2D eigenvalue weighted by Gasteiger charge is 2.44. The zero-order valence-corrected chi connectivity index (χ0v) is 9.51. The molecule has 1 aliphatic heterocycles. The summed E-state index contributed by atoms with van der Waals surface area (Å²) in [5, 5.41) is 28.1. The van der Waals surface area contributed by atoms with Gasteiger partial charge in [-0.1, -0.05) is 0 Å². The van der Waals surface area contributed by atoms with E-state index in [0.29, 0.717) is 0 Å². The van der Waals surface area contributed by atoms with Crippen LogP contribution in [0.2, 0.25) is 0 Å². The van der Waals surface area contributed by atoms with Crippen LogP contribution in [0.3, 0.4) is 0 Å². The van der Waals surface area contributed by atoms with Gasteiger partial charge in [-0.2, -0.15) is 4.98 Å². The molecule has 5 N–H and O–H groups in total. The van der Waals surface area contributed by atoms with E-state index in [-0.39, 0.29) is 12.4 Å². The highest BCUT2D eigenvalue weighted by molar-refractivity contribution is 5.23. The number of rotatable bonds is 3. The third kappa shape index (κ3) is 2.10. The van der Waals surface area contributed by atoms with Crippen LogP contribution in [0.4, 0.5) is 5.82 Å². The Kier molecular flexibility index (Phi) is 3.62. The molecule has 2 heterocycles. The van der Waals surface area contributed by atoms with Crippen molar-refractivity contribution in [2.75, 3.05) is 18.9 Å². The van der Waals surface area contributed by atoms with Crippen LogP contribution < -0.4 is 11.4 Å². The van der Waals surface area contributed by atoms with Crippen molar-refractivity contribution in [3.63, 3.8) is 0 Å². The number of hydrogen-bond donors (Lipinski definition) is 4. The third-order valence-electron chi connectivity index (χ3n) is 3.02. The summed E-state index contributed by atoms with van der Waals surface area (Å²) in [5.41, 5.74) is 4.74. The normalized spacial score (nSPS) is 31.7. The Morgan fingerprint density at radius 2 is 2.17 bits per heavy atom. The summed E-state index contributed by atoms with van der Waals surface area (Å²) in [6.07, 6.45) is -1.38. The molecule has 1 aromatic rings. The van der Waals surface area contributed by atoms with Crippen molar-refractivity contribution < 1.29 is 20.1 Å². The Morgan fingerprint density at radius 1 is 1.44 bits per heavy atom. The second-order valence-electron chi connectivity index (χ2n) is 4.13. The first-order valence-corrected chi connectivity index (χ1v) is 5.48. The second kappa shape index (κ2) is 5.02. The van der Waals surface area contributed by atoms with E-state index >= 15 is 0 Å². The van der Waals surface area contributed by atoms with Crippen LogP contribution in [0.15, 0.2) is 17.1 Å². The van der Waals surface area contributed by atoms with Crippen LogP contribution in [-0.2, 0) is 4.74 Å². The predicted molar refractivity (Wildman–Crippen MR) is 60.5 cm³/mol. The van der Waals surface area contributed by atoms with Crippen LogP contribution in [0.1, 0.15) is 6.23 Å². The van der Waals surface area contributed by atoms with E-state index in [1.54, 1.807) is 0 Å². The van der Waals surface area contributed by atoms with Gasteiger partial charge >= 0.3 is 5.69 Å². The molecule has 0 amide bonds. The molecular formula is C10H15N3O5. The van der Waals surface area contributed by atoms with Crippen molar-refractivity contribution in [2.45, 2.75) is 18.4 Å². The summed E-state index contributed by atoms with van der Waals surface area (Å²) >= 11 is 0. The number of hydrogen-bond acceptors (Lipinski definition) is 7. The van der Waals surface area contributed by atoms with Crippen molar-refractivity contribution in [2.24, 2.45) is 5.92 Å². The lowest BCUT2D eigenvalue weighted by atomic mass is 10.0. The minimum Gasteiger partial charge on any atom is -0.396 e. The fourth-order valence-electron chi connectivity index (χ4n) is 2.05. The van der Waals surface area contributed by atoms with Crippen molar-refractivity contribution in [1.82, 2.24) is 9.55 Å². The molecule has 2 rings (SSSR count). The Balaban J connectivity index is 2.35. The molecule has 0 bridgehead atoms. The van der Waals surface area contributed by atoms with Gasteiger partial charge in [-0.15, -0.1) is 0 Å². The summed E-state index contributed by atoms with van der Waals surface area (Å²) in [5.74, 6) is -0.626. The first-order valence-electron chi connectivity index (χ1n) is 5.48. The molecule has 0 radical (unpaired) electrons. The van der Waals surface area contributed by atoms with Crippen molar-refractivity contribution >= 4 is 5.82 Å². The molecule has 1 fully saturated rings. The van der Waals surface area contributed by atoms with Gasteiger partial charge in [-0.3, -0.25) is 4.57 Å². The zero-order chi connectivity index (χ0) is 13.3. The van der Waals surface area contributed by atoms with Crippen molar-refractivity contribution in [3.8, 4) is 0 Å². The number of ether oxygens (including phenoxy) is 1. The van der Waals surface area contributed by atoms with E-state index in [1.807, 2.05) is 0 Å². The molecule has 1 saturated heterocycles.